The minimum absolute atomic E-state index is 0.249. The van der Waals surface area contributed by atoms with E-state index in [9.17, 15) is 4.39 Å². The highest BCUT2D eigenvalue weighted by atomic mass is 19.1. The number of nitrogens with two attached hydrogens (primary N) is 1. The van der Waals surface area contributed by atoms with Crippen LogP contribution < -0.4 is 11.1 Å². The molecule has 4 heteroatoms. The molecule has 3 nitrogen and oxygen atoms in total. The van der Waals surface area contributed by atoms with E-state index >= 15 is 0 Å². The van der Waals surface area contributed by atoms with Gasteiger partial charge in [0.25, 0.3) is 0 Å². The minimum atomic E-state index is -0.249. The average Bonchev–Trinajstić information content (AvgIpc) is 3.39. The summed E-state index contributed by atoms with van der Waals surface area (Å²) >= 11 is 0. The first-order valence-corrected chi connectivity index (χ1v) is 8.57. The van der Waals surface area contributed by atoms with Crippen LogP contribution in [0.5, 0.6) is 0 Å². The second-order valence-electron chi connectivity index (χ2n) is 6.26. The van der Waals surface area contributed by atoms with Gasteiger partial charge in [-0.05, 0) is 62.0 Å². The van der Waals surface area contributed by atoms with Crippen molar-refractivity contribution in [1.29, 1.82) is 0 Å². The van der Waals surface area contributed by atoms with Crippen molar-refractivity contribution < 1.29 is 4.39 Å². The largest absolute Gasteiger partial charge is 0.380 e. The molecule has 0 atom stereocenters. The van der Waals surface area contributed by atoms with Crippen LogP contribution in [0.4, 0.5) is 10.1 Å². The molecule has 0 radical (unpaired) electrons. The number of benzene rings is 1. The predicted octanol–water partition coefficient (Wildman–Crippen LogP) is 4.27. The molecule has 1 fully saturated rings. The number of hydrogen-bond donors (Lipinski definition) is 2. The van der Waals surface area contributed by atoms with Crippen LogP contribution in [-0.4, -0.2) is 25.0 Å². The highest BCUT2D eigenvalue weighted by Gasteiger charge is 2.27. The van der Waals surface area contributed by atoms with Crippen LogP contribution in [0, 0.1) is 11.7 Å². The quantitative estimate of drug-likeness (QED) is 0.700. The smallest absolute Gasteiger partial charge is 0.146 e. The SMILES string of the molecule is CCN(C)/C=C(/C=C(\C)Nc1ccccc1F)C(=C/CN)\C1CC1. The molecule has 1 saturated carbocycles. The highest BCUT2D eigenvalue weighted by Crippen LogP contribution is 2.40. The van der Waals surface area contributed by atoms with Crippen molar-refractivity contribution in [3.63, 3.8) is 0 Å². The summed E-state index contributed by atoms with van der Waals surface area (Å²) in [5.74, 6) is 0.351. The van der Waals surface area contributed by atoms with Crippen LogP contribution >= 0.6 is 0 Å². The van der Waals surface area contributed by atoms with Crippen LogP contribution in [0.1, 0.15) is 26.7 Å². The molecule has 1 aliphatic carbocycles. The summed E-state index contributed by atoms with van der Waals surface area (Å²) < 4.78 is 13.8. The molecular weight excluding hydrogens is 301 g/mol. The Morgan fingerprint density at radius 2 is 2.08 bits per heavy atom. The Morgan fingerprint density at radius 1 is 1.38 bits per heavy atom. The van der Waals surface area contributed by atoms with Gasteiger partial charge in [0, 0.05) is 32.0 Å². The van der Waals surface area contributed by atoms with Crippen LogP contribution in [0.25, 0.3) is 0 Å². The molecule has 0 aliphatic heterocycles. The first-order chi connectivity index (χ1) is 11.5. The lowest BCUT2D eigenvalue weighted by molar-refractivity contribution is 0.481. The standard InChI is InChI=1S/C20H28FN3/c1-4-24(3)14-17(18(11-12-22)16-9-10-16)13-15(2)23-20-8-6-5-7-19(20)21/h5-8,11,13-14,16,23H,4,9-10,12,22H2,1-3H3/b15-13+,17-14-,18-11-. The zero-order chi connectivity index (χ0) is 17.5. The molecular formula is C20H28FN3. The topological polar surface area (TPSA) is 41.3 Å². The Hall–Kier alpha value is -2.07. The Kier molecular flexibility index (Phi) is 6.62. The highest BCUT2D eigenvalue weighted by molar-refractivity contribution is 5.52. The third kappa shape index (κ3) is 5.24. The lowest BCUT2D eigenvalue weighted by Gasteiger charge is -2.17. The zero-order valence-corrected chi connectivity index (χ0v) is 14.8. The summed E-state index contributed by atoms with van der Waals surface area (Å²) in [7, 11) is 2.06. The van der Waals surface area contributed by atoms with Gasteiger partial charge in [0.1, 0.15) is 5.82 Å². The van der Waals surface area contributed by atoms with Crippen LogP contribution in [0.2, 0.25) is 0 Å². The van der Waals surface area contributed by atoms with Gasteiger partial charge in [-0.3, -0.25) is 0 Å². The fourth-order valence-corrected chi connectivity index (χ4v) is 2.61. The third-order valence-electron chi connectivity index (χ3n) is 4.12. The lowest BCUT2D eigenvalue weighted by Crippen LogP contribution is -2.11. The van der Waals surface area contributed by atoms with E-state index in [-0.39, 0.29) is 5.82 Å². The number of anilines is 1. The monoisotopic (exact) mass is 329 g/mol. The number of nitrogens with zero attached hydrogens (tertiary/aromatic N) is 1. The Morgan fingerprint density at radius 3 is 2.67 bits per heavy atom. The van der Waals surface area contributed by atoms with E-state index in [4.69, 9.17) is 5.73 Å². The first kappa shape index (κ1) is 18.3. The van der Waals surface area contributed by atoms with Gasteiger partial charge in [0.2, 0.25) is 0 Å². The fourth-order valence-electron chi connectivity index (χ4n) is 2.61. The summed E-state index contributed by atoms with van der Waals surface area (Å²) in [6.07, 6.45) is 8.77. The van der Waals surface area contributed by atoms with E-state index in [2.05, 4.69) is 42.5 Å². The number of halogens is 1. The normalized spacial score (nSPS) is 16.3. The molecule has 2 rings (SSSR count). The van der Waals surface area contributed by atoms with Crippen LogP contribution in [0.3, 0.4) is 0 Å². The molecule has 0 unspecified atom stereocenters. The summed E-state index contributed by atoms with van der Waals surface area (Å²) in [6.45, 7) is 5.54. The average molecular weight is 329 g/mol. The molecule has 0 heterocycles. The summed E-state index contributed by atoms with van der Waals surface area (Å²) in [5, 5.41) is 3.16. The minimum Gasteiger partial charge on any atom is -0.380 e. The Balaban J connectivity index is 2.28. The van der Waals surface area contributed by atoms with Gasteiger partial charge in [-0.2, -0.15) is 0 Å². The Labute approximate surface area is 144 Å². The molecule has 0 spiro atoms. The van der Waals surface area contributed by atoms with Crippen molar-refractivity contribution in [2.45, 2.75) is 26.7 Å². The van der Waals surface area contributed by atoms with Gasteiger partial charge >= 0.3 is 0 Å². The van der Waals surface area contributed by atoms with Crippen LogP contribution in [-0.2, 0) is 0 Å². The molecule has 0 amide bonds. The molecule has 3 N–H and O–H groups in total. The molecule has 0 aromatic heterocycles. The fraction of sp³-hybridized carbons (Fsp3) is 0.400. The van der Waals surface area contributed by atoms with Gasteiger partial charge < -0.3 is 16.0 Å². The van der Waals surface area contributed by atoms with E-state index in [0.717, 1.165) is 17.8 Å². The lowest BCUT2D eigenvalue weighted by atomic mass is 10.0. The van der Waals surface area contributed by atoms with E-state index < -0.39 is 0 Å². The first-order valence-electron chi connectivity index (χ1n) is 8.57. The summed E-state index contributed by atoms with van der Waals surface area (Å²) in [6, 6.07) is 6.72. The molecule has 1 aliphatic rings. The van der Waals surface area contributed by atoms with Crippen molar-refractivity contribution in [3.8, 4) is 0 Å². The molecule has 1 aromatic rings. The van der Waals surface area contributed by atoms with Crippen molar-refractivity contribution in [3.05, 3.63) is 65.3 Å². The van der Waals surface area contributed by atoms with E-state index in [1.807, 2.05) is 13.0 Å². The maximum atomic E-state index is 13.8. The van der Waals surface area contributed by atoms with E-state index in [1.54, 1.807) is 12.1 Å². The zero-order valence-electron chi connectivity index (χ0n) is 14.8. The molecule has 0 bridgehead atoms. The second kappa shape index (κ2) is 8.69. The predicted molar refractivity (Wildman–Crippen MR) is 100 cm³/mol. The molecule has 24 heavy (non-hydrogen) atoms. The maximum Gasteiger partial charge on any atom is 0.146 e. The van der Waals surface area contributed by atoms with Gasteiger partial charge in [-0.25, -0.2) is 4.39 Å². The summed E-state index contributed by atoms with van der Waals surface area (Å²) in [5.41, 5.74) is 9.61. The van der Waals surface area contributed by atoms with Crippen LogP contribution in [0.15, 0.2) is 59.5 Å². The number of allylic oxidation sites excluding steroid dienone is 4. The van der Waals surface area contributed by atoms with Crippen molar-refractivity contribution in [2.24, 2.45) is 11.7 Å². The summed E-state index contributed by atoms with van der Waals surface area (Å²) in [4.78, 5) is 2.15. The molecule has 130 valence electrons. The second-order valence-corrected chi connectivity index (χ2v) is 6.26. The number of hydrogen-bond acceptors (Lipinski definition) is 3. The molecule has 1 aromatic carbocycles. The van der Waals surface area contributed by atoms with E-state index in [0.29, 0.717) is 18.2 Å². The number of nitrogens with one attached hydrogen (secondary N) is 1. The van der Waals surface area contributed by atoms with Gasteiger partial charge in [0.05, 0.1) is 5.69 Å². The number of para-hydroxylation sites is 1. The Bertz CT molecular complexity index is 642. The van der Waals surface area contributed by atoms with Crippen molar-refractivity contribution >= 4 is 5.69 Å². The van der Waals surface area contributed by atoms with Gasteiger partial charge in [-0.15, -0.1) is 0 Å². The van der Waals surface area contributed by atoms with Gasteiger partial charge in [0.15, 0.2) is 0 Å². The molecule has 0 saturated heterocycles. The number of rotatable bonds is 8. The van der Waals surface area contributed by atoms with Crippen molar-refractivity contribution in [1.82, 2.24) is 4.90 Å². The van der Waals surface area contributed by atoms with E-state index in [1.165, 1.54) is 24.5 Å². The van der Waals surface area contributed by atoms with Crippen molar-refractivity contribution in [2.75, 3.05) is 25.5 Å². The maximum absolute atomic E-state index is 13.8. The van der Waals surface area contributed by atoms with Gasteiger partial charge in [-0.1, -0.05) is 18.2 Å². The third-order valence-corrected chi connectivity index (χ3v) is 4.12.